The number of aryl methyl sites for hydroxylation is 4. The van der Waals surface area contributed by atoms with Crippen LogP contribution in [0, 0.1) is 34.6 Å². The third-order valence-corrected chi connectivity index (χ3v) is 6.44. The molecule has 0 radical (unpaired) electrons. The van der Waals surface area contributed by atoms with Crippen LogP contribution in [-0.4, -0.2) is 30.9 Å². The molecule has 4 aromatic rings. The number of hydrogen-bond acceptors (Lipinski definition) is 5. The molecule has 4 aromatic carbocycles. The van der Waals surface area contributed by atoms with Crippen molar-refractivity contribution >= 4 is 39.0 Å². The molecule has 8 heteroatoms. The molecule has 0 fully saturated rings. The van der Waals surface area contributed by atoms with Gasteiger partial charge < -0.3 is 18.4 Å². The third-order valence-electron chi connectivity index (χ3n) is 5.98. The van der Waals surface area contributed by atoms with E-state index in [0.29, 0.717) is 28.1 Å². The standard InChI is InChI=1S/C15H15NO.C9H12N2O2.C8H9Br.C4H9.Li/c1-10-7-11(2)9-12(8-10)15(17)13-5-3-4-6-14(13)16;1-11(13-2)9(12)7-5-3-4-6-8(7)10;1-6-3-7(2)5-8(9)4-6;1-3-4-2;/h3-9H,16H2,1-2H3;3-6H,10H2,1-2H3;3-5H,1-2H3;1,3-4H2,2H3;/q;;;-1;+1. The van der Waals surface area contributed by atoms with Gasteiger partial charge in [0.1, 0.15) is 0 Å². The van der Waals surface area contributed by atoms with E-state index in [1.165, 1.54) is 36.2 Å². The minimum absolute atomic E-state index is 0. The van der Waals surface area contributed by atoms with Gasteiger partial charge in [-0.25, -0.2) is 5.06 Å². The second kappa shape index (κ2) is 21.4. The Balaban J connectivity index is 0.000000610. The maximum atomic E-state index is 12.3. The van der Waals surface area contributed by atoms with Gasteiger partial charge in [0.05, 0.1) is 12.7 Å². The number of nitrogens with zero attached hydrogens (tertiary/aromatic N) is 1. The smallest absolute Gasteiger partial charge is 0.398 e. The second-order valence-corrected chi connectivity index (χ2v) is 10.9. The molecule has 0 aliphatic rings. The van der Waals surface area contributed by atoms with Crippen LogP contribution in [0.15, 0.2) is 89.4 Å². The van der Waals surface area contributed by atoms with Crippen LogP contribution in [0.1, 0.15) is 68.3 Å². The average Bonchev–Trinajstić information content (AvgIpc) is 2.96. The second-order valence-electron chi connectivity index (χ2n) is 10.0. The molecule has 230 valence electrons. The quantitative estimate of drug-likeness (QED) is 0.0945. The normalized spacial score (nSPS) is 9.48. The summed E-state index contributed by atoms with van der Waals surface area (Å²) in [6.07, 6.45) is 2.28. The number of halogens is 1. The molecule has 0 aromatic heterocycles. The molecule has 0 spiro atoms. The van der Waals surface area contributed by atoms with E-state index in [9.17, 15) is 9.59 Å². The summed E-state index contributed by atoms with van der Waals surface area (Å²) in [7, 11) is 2.96. The van der Waals surface area contributed by atoms with Crippen molar-refractivity contribution in [2.45, 2.75) is 47.5 Å². The van der Waals surface area contributed by atoms with E-state index in [1.54, 1.807) is 36.4 Å². The number of ketones is 1. The largest absolute Gasteiger partial charge is 1.00 e. The van der Waals surface area contributed by atoms with Gasteiger partial charge in [0.2, 0.25) is 0 Å². The van der Waals surface area contributed by atoms with E-state index in [-0.39, 0.29) is 30.6 Å². The van der Waals surface area contributed by atoms with Crippen LogP contribution in [0.3, 0.4) is 0 Å². The van der Waals surface area contributed by atoms with E-state index >= 15 is 0 Å². The number of nitrogens with two attached hydrogens (primary N) is 2. The topological polar surface area (TPSA) is 98.6 Å². The molecular formula is C36H45BrLiN3O3. The maximum absolute atomic E-state index is 12.3. The monoisotopic (exact) mass is 653 g/mol. The number of benzene rings is 4. The summed E-state index contributed by atoms with van der Waals surface area (Å²) in [5.74, 6) is -0.268. The maximum Gasteiger partial charge on any atom is 1.00 e. The molecule has 44 heavy (non-hydrogen) atoms. The number of nitrogen functional groups attached to an aromatic ring is 2. The fraction of sp³-hybridized carbons (Fsp3) is 0.250. The fourth-order valence-electron chi connectivity index (χ4n) is 3.83. The molecule has 4 rings (SSSR count). The zero-order valence-electron chi connectivity index (χ0n) is 27.4. The minimum atomic E-state index is -0.249. The Morgan fingerprint density at radius 3 is 1.52 bits per heavy atom. The molecule has 0 bridgehead atoms. The predicted molar refractivity (Wildman–Crippen MR) is 184 cm³/mol. The summed E-state index contributed by atoms with van der Waals surface area (Å²) < 4.78 is 1.17. The first-order valence-corrected chi connectivity index (χ1v) is 14.8. The van der Waals surface area contributed by atoms with Crippen molar-refractivity contribution < 1.29 is 33.3 Å². The van der Waals surface area contributed by atoms with Crippen molar-refractivity contribution in [1.82, 2.24) is 5.06 Å². The number of hydroxylamine groups is 2. The number of anilines is 2. The van der Waals surface area contributed by atoms with Gasteiger partial charge in [-0.3, -0.25) is 14.4 Å². The van der Waals surface area contributed by atoms with Gasteiger partial charge in [0.15, 0.2) is 5.78 Å². The van der Waals surface area contributed by atoms with Crippen molar-refractivity contribution in [3.05, 3.63) is 135 Å². The summed E-state index contributed by atoms with van der Waals surface area (Å²) in [6, 6.07) is 26.2. The number of amides is 1. The number of carbonyl (C=O) groups is 2. The van der Waals surface area contributed by atoms with Crippen LogP contribution in [0.5, 0.6) is 0 Å². The molecule has 0 saturated carbocycles. The summed E-state index contributed by atoms with van der Waals surface area (Å²) in [5.41, 5.74) is 18.9. The summed E-state index contributed by atoms with van der Waals surface area (Å²) in [5, 5.41) is 1.13. The number of carbonyl (C=O) groups excluding carboxylic acids is 2. The van der Waals surface area contributed by atoms with Crippen molar-refractivity contribution in [2.24, 2.45) is 0 Å². The van der Waals surface area contributed by atoms with Crippen molar-refractivity contribution in [1.29, 1.82) is 0 Å². The summed E-state index contributed by atoms with van der Waals surface area (Å²) in [4.78, 5) is 28.6. The molecule has 6 nitrogen and oxygen atoms in total. The van der Waals surface area contributed by atoms with Gasteiger partial charge in [-0.2, -0.15) is 6.42 Å². The fourth-order valence-corrected chi connectivity index (χ4v) is 4.55. The van der Waals surface area contributed by atoms with E-state index < -0.39 is 0 Å². The molecule has 0 saturated heterocycles. The van der Waals surface area contributed by atoms with E-state index in [4.69, 9.17) is 16.3 Å². The Hall–Kier alpha value is -3.34. The zero-order valence-corrected chi connectivity index (χ0v) is 29.0. The Kier molecular flexibility index (Phi) is 19.7. The van der Waals surface area contributed by atoms with Crippen molar-refractivity contribution in [3.63, 3.8) is 0 Å². The van der Waals surface area contributed by atoms with Crippen LogP contribution in [-0.2, 0) is 4.84 Å². The summed E-state index contributed by atoms with van der Waals surface area (Å²) >= 11 is 3.41. The molecule has 0 aliphatic carbocycles. The summed E-state index contributed by atoms with van der Waals surface area (Å²) in [6.45, 7) is 13.9. The van der Waals surface area contributed by atoms with E-state index in [1.807, 2.05) is 44.2 Å². The molecule has 4 N–H and O–H groups in total. The Bertz CT molecular complexity index is 1400. The molecule has 0 aliphatic heterocycles. The molecular weight excluding hydrogens is 609 g/mol. The molecule has 0 heterocycles. The van der Waals surface area contributed by atoms with E-state index in [0.717, 1.165) is 22.6 Å². The predicted octanol–water partition coefficient (Wildman–Crippen LogP) is 5.71. The SMILES string of the molecule is CON(C)C(=O)c1ccccc1N.Cc1cc(C)cc(Br)c1.Cc1cc(C)cc(C(=O)c2ccccc2N)c1.[CH2-]CCC.[Li+]. The van der Waals surface area contributed by atoms with Gasteiger partial charge in [0, 0.05) is 34.0 Å². The number of rotatable bonds is 5. The van der Waals surface area contributed by atoms with Crippen LogP contribution in [0.4, 0.5) is 11.4 Å². The number of hydrogen-bond donors (Lipinski definition) is 2. The van der Waals surface area contributed by atoms with Crippen LogP contribution in [0.2, 0.25) is 0 Å². The Labute approximate surface area is 284 Å². The van der Waals surface area contributed by atoms with Gasteiger partial charge in [-0.15, -0.1) is 0 Å². The van der Waals surface area contributed by atoms with E-state index in [2.05, 4.69) is 61.8 Å². The van der Waals surface area contributed by atoms with Gasteiger partial charge >= 0.3 is 18.9 Å². The van der Waals surface area contributed by atoms with Crippen LogP contribution in [0.25, 0.3) is 0 Å². The number of unbranched alkanes of at least 4 members (excludes halogenated alkanes) is 1. The number of para-hydroxylation sites is 2. The first kappa shape index (κ1) is 40.7. The van der Waals surface area contributed by atoms with Crippen molar-refractivity contribution in [2.75, 3.05) is 25.6 Å². The van der Waals surface area contributed by atoms with Crippen LogP contribution >= 0.6 is 15.9 Å². The van der Waals surface area contributed by atoms with Gasteiger partial charge in [0.25, 0.3) is 5.91 Å². The van der Waals surface area contributed by atoms with Gasteiger partial charge in [-0.1, -0.05) is 76.8 Å². The Morgan fingerprint density at radius 1 is 0.773 bits per heavy atom. The third kappa shape index (κ3) is 14.4. The van der Waals surface area contributed by atoms with Crippen LogP contribution < -0.4 is 30.3 Å². The minimum Gasteiger partial charge on any atom is -0.398 e. The average molecular weight is 655 g/mol. The Morgan fingerprint density at radius 2 is 1.16 bits per heavy atom. The van der Waals surface area contributed by atoms with Gasteiger partial charge in [-0.05, 0) is 87.4 Å². The van der Waals surface area contributed by atoms with Crippen molar-refractivity contribution in [3.8, 4) is 0 Å². The zero-order chi connectivity index (χ0) is 32.5. The molecule has 0 atom stereocenters. The molecule has 0 unspecified atom stereocenters. The first-order valence-electron chi connectivity index (χ1n) is 14.0. The first-order chi connectivity index (χ1) is 20.3. The molecule has 1 amide bonds.